The highest BCUT2D eigenvalue weighted by atomic mass is 16.5. The van der Waals surface area contributed by atoms with Crippen molar-refractivity contribution in [1.29, 1.82) is 0 Å². The highest BCUT2D eigenvalue weighted by Crippen LogP contribution is 2.46. The van der Waals surface area contributed by atoms with Crippen LogP contribution in [0.1, 0.15) is 25.3 Å². The van der Waals surface area contributed by atoms with Gasteiger partial charge in [0.15, 0.2) is 0 Å². The van der Waals surface area contributed by atoms with E-state index < -0.39 is 0 Å². The number of allylic oxidation sites excluding steroid dienone is 1. The number of hydrogen-bond donors (Lipinski definition) is 0. The molecule has 0 N–H and O–H groups in total. The molecular formula is C13H14O. The number of hydrogen-bond acceptors (Lipinski definition) is 1. The van der Waals surface area contributed by atoms with Gasteiger partial charge in [-0.3, -0.25) is 0 Å². The third-order valence-electron chi connectivity index (χ3n) is 3.47. The van der Waals surface area contributed by atoms with E-state index in [1.54, 1.807) is 0 Å². The molecule has 0 spiro atoms. The lowest BCUT2D eigenvalue weighted by atomic mass is 9.74. The molecule has 72 valence electrons. The Morgan fingerprint density at radius 3 is 3.14 bits per heavy atom. The van der Waals surface area contributed by atoms with Crippen molar-refractivity contribution in [3.05, 3.63) is 42.0 Å². The van der Waals surface area contributed by atoms with Crippen molar-refractivity contribution in [3.63, 3.8) is 0 Å². The lowest BCUT2D eigenvalue weighted by Gasteiger charge is -2.30. The Morgan fingerprint density at radius 1 is 1.36 bits per heavy atom. The summed E-state index contributed by atoms with van der Waals surface area (Å²) in [6, 6.07) is 8.40. The van der Waals surface area contributed by atoms with Crippen molar-refractivity contribution in [3.8, 4) is 5.75 Å². The molecule has 2 atom stereocenters. The summed E-state index contributed by atoms with van der Waals surface area (Å²) in [6.07, 6.45) is 7.23. The molecule has 2 aliphatic rings. The van der Waals surface area contributed by atoms with Crippen LogP contribution < -0.4 is 4.74 Å². The fraction of sp³-hybridized carbons (Fsp3) is 0.385. The number of rotatable bonds is 0. The van der Waals surface area contributed by atoms with Gasteiger partial charge in [-0.05, 0) is 25.8 Å². The molecule has 1 aromatic carbocycles. The lowest BCUT2D eigenvalue weighted by molar-refractivity contribution is 0.164. The van der Waals surface area contributed by atoms with E-state index >= 15 is 0 Å². The molecule has 1 aromatic rings. The van der Waals surface area contributed by atoms with E-state index in [4.69, 9.17) is 4.74 Å². The third kappa shape index (κ3) is 0.899. The Labute approximate surface area is 84.4 Å². The van der Waals surface area contributed by atoms with Crippen LogP contribution in [0.25, 0.3) is 0 Å². The SMILES string of the molecule is C[C@@]12C=CCC[C@@H]1Oc1ccccc12. The monoisotopic (exact) mass is 186 g/mol. The molecule has 0 fully saturated rings. The highest BCUT2D eigenvalue weighted by molar-refractivity contribution is 5.48. The summed E-state index contributed by atoms with van der Waals surface area (Å²) in [4.78, 5) is 0. The fourth-order valence-corrected chi connectivity index (χ4v) is 2.60. The van der Waals surface area contributed by atoms with Crippen molar-refractivity contribution in [2.75, 3.05) is 0 Å². The van der Waals surface area contributed by atoms with Crippen molar-refractivity contribution < 1.29 is 4.74 Å². The molecule has 0 radical (unpaired) electrons. The minimum atomic E-state index is 0.120. The Bertz CT molecular complexity index is 394. The maximum absolute atomic E-state index is 5.96. The van der Waals surface area contributed by atoms with Crippen LogP contribution in [0.4, 0.5) is 0 Å². The minimum Gasteiger partial charge on any atom is -0.489 e. The first-order valence-corrected chi connectivity index (χ1v) is 5.24. The molecule has 0 amide bonds. The van der Waals surface area contributed by atoms with Crippen LogP contribution >= 0.6 is 0 Å². The summed E-state index contributed by atoms with van der Waals surface area (Å²) < 4.78 is 5.96. The zero-order valence-corrected chi connectivity index (χ0v) is 8.36. The minimum absolute atomic E-state index is 0.120. The van der Waals surface area contributed by atoms with Crippen molar-refractivity contribution >= 4 is 0 Å². The number of fused-ring (bicyclic) bond motifs is 3. The number of ether oxygens (including phenoxy) is 1. The maximum Gasteiger partial charge on any atom is 0.123 e. The van der Waals surface area contributed by atoms with Crippen LogP contribution in [-0.2, 0) is 5.41 Å². The summed E-state index contributed by atoms with van der Waals surface area (Å²) in [6.45, 7) is 2.28. The van der Waals surface area contributed by atoms with E-state index in [-0.39, 0.29) is 5.41 Å². The van der Waals surface area contributed by atoms with Crippen LogP contribution in [0.15, 0.2) is 36.4 Å². The highest BCUT2D eigenvalue weighted by Gasteiger charge is 2.43. The molecular weight excluding hydrogens is 172 g/mol. The maximum atomic E-state index is 5.96. The van der Waals surface area contributed by atoms with Gasteiger partial charge in [0.25, 0.3) is 0 Å². The van der Waals surface area contributed by atoms with Gasteiger partial charge in [0, 0.05) is 5.56 Å². The molecule has 1 nitrogen and oxygen atoms in total. The topological polar surface area (TPSA) is 9.23 Å². The molecule has 0 saturated heterocycles. The summed E-state index contributed by atoms with van der Waals surface area (Å²) >= 11 is 0. The Kier molecular flexibility index (Phi) is 1.52. The Balaban J connectivity index is 2.18. The normalized spacial score (nSPS) is 33.4. The van der Waals surface area contributed by atoms with E-state index in [0.717, 1.165) is 18.6 Å². The second kappa shape index (κ2) is 2.63. The Morgan fingerprint density at radius 2 is 2.21 bits per heavy atom. The fourth-order valence-electron chi connectivity index (χ4n) is 2.60. The van der Waals surface area contributed by atoms with Gasteiger partial charge in [0.05, 0.1) is 5.41 Å². The van der Waals surface area contributed by atoms with Gasteiger partial charge in [0.2, 0.25) is 0 Å². The van der Waals surface area contributed by atoms with Crippen LogP contribution in [0.3, 0.4) is 0 Å². The first-order valence-electron chi connectivity index (χ1n) is 5.24. The molecule has 1 heterocycles. The van der Waals surface area contributed by atoms with Crippen LogP contribution in [0.5, 0.6) is 5.75 Å². The second-order valence-electron chi connectivity index (χ2n) is 4.37. The van der Waals surface area contributed by atoms with E-state index in [1.807, 2.05) is 6.07 Å². The molecule has 1 heteroatoms. The van der Waals surface area contributed by atoms with Gasteiger partial charge in [-0.25, -0.2) is 0 Å². The van der Waals surface area contributed by atoms with E-state index in [9.17, 15) is 0 Å². The quantitative estimate of drug-likeness (QED) is 0.566. The molecule has 0 unspecified atom stereocenters. The second-order valence-corrected chi connectivity index (χ2v) is 4.37. The van der Waals surface area contributed by atoms with Gasteiger partial charge in [-0.1, -0.05) is 30.4 Å². The molecule has 0 saturated carbocycles. The van der Waals surface area contributed by atoms with Gasteiger partial charge in [-0.2, -0.15) is 0 Å². The molecule has 14 heavy (non-hydrogen) atoms. The predicted octanol–water partition coefficient (Wildman–Crippen LogP) is 3.06. The van der Waals surface area contributed by atoms with Crippen molar-refractivity contribution in [1.82, 2.24) is 0 Å². The molecule has 0 aromatic heterocycles. The zero-order valence-electron chi connectivity index (χ0n) is 8.36. The average Bonchev–Trinajstić information content (AvgIpc) is 2.51. The van der Waals surface area contributed by atoms with E-state index in [2.05, 4.69) is 37.3 Å². The Hall–Kier alpha value is -1.24. The number of para-hydroxylation sites is 1. The van der Waals surface area contributed by atoms with Gasteiger partial charge >= 0.3 is 0 Å². The molecule has 0 bridgehead atoms. The molecule has 3 rings (SSSR count). The van der Waals surface area contributed by atoms with Crippen molar-refractivity contribution in [2.45, 2.75) is 31.3 Å². The van der Waals surface area contributed by atoms with E-state index in [1.165, 1.54) is 5.56 Å². The summed E-state index contributed by atoms with van der Waals surface area (Å²) in [5.41, 5.74) is 1.47. The van der Waals surface area contributed by atoms with Crippen molar-refractivity contribution in [2.24, 2.45) is 0 Å². The van der Waals surface area contributed by atoms with Crippen LogP contribution in [0.2, 0.25) is 0 Å². The van der Waals surface area contributed by atoms with Crippen LogP contribution in [0, 0.1) is 0 Å². The predicted molar refractivity (Wildman–Crippen MR) is 56.6 cm³/mol. The van der Waals surface area contributed by atoms with Crippen LogP contribution in [-0.4, -0.2) is 6.10 Å². The third-order valence-corrected chi connectivity index (χ3v) is 3.47. The average molecular weight is 186 g/mol. The summed E-state index contributed by atoms with van der Waals surface area (Å²) in [5.74, 6) is 1.08. The standard InChI is InChI=1S/C13H14O/c1-13-9-5-4-8-12(13)14-11-7-3-2-6-10(11)13/h2-3,5-7,9,12H,4,8H2,1H3/t12-,13-/m0/s1. The van der Waals surface area contributed by atoms with E-state index in [0.29, 0.717) is 6.10 Å². The molecule has 1 aliphatic carbocycles. The summed E-state index contributed by atoms with van der Waals surface area (Å²) in [5, 5.41) is 0. The first kappa shape index (κ1) is 8.10. The van der Waals surface area contributed by atoms with Gasteiger partial charge in [0.1, 0.15) is 11.9 Å². The van der Waals surface area contributed by atoms with Gasteiger partial charge < -0.3 is 4.74 Å². The van der Waals surface area contributed by atoms with Gasteiger partial charge in [-0.15, -0.1) is 0 Å². The first-order chi connectivity index (χ1) is 6.81. The smallest absolute Gasteiger partial charge is 0.123 e. The largest absolute Gasteiger partial charge is 0.489 e. The number of benzene rings is 1. The summed E-state index contributed by atoms with van der Waals surface area (Å²) in [7, 11) is 0. The zero-order chi connectivity index (χ0) is 9.60. The molecule has 1 aliphatic heterocycles. The lowest BCUT2D eigenvalue weighted by Crippen LogP contribution is -2.35.